The van der Waals surface area contributed by atoms with Gasteiger partial charge in [0.1, 0.15) is 5.69 Å². The van der Waals surface area contributed by atoms with E-state index < -0.39 is 58.1 Å². The third-order valence-corrected chi connectivity index (χ3v) is 6.06. The van der Waals surface area contributed by atoms with Crippen LogP contribution in [0.3, 0.4) is 0 Å². The van der Waals surface area contributed by atoms with Gasteiger partial charge >= 0.3 is 6.10 Å². The molecule has 204 valence electrons. The summed E-state index contributed by atoms with van der Waals surface area (Å²) in [5, 5.41) is 44.2. The Balaban J connectivity index is 1.83. The van der Waals surface area contributed by atoms with E-state index in [1.807, 2.05) is 0 Å². The molecule has 1 aromatic carbocycles. The van der Waals surface area contributed by atoms with Gasteiger partial charge in [0, 0.05) is 36.6 Å². The molecule has 5 N–H and O–H groups in total. The van der Waals surface area contributed by atoms with E-state index in [1.165, 1.54) is 5.38 Å². The summed E-state index contributed by atoms with van der Waals surface area (Å²) in [7, 11) is 0. The van der Waals surface area contributed by atoms with Crippen LogP contribution in [0.5, 0.6) is 0 Å². The molecule has 2 amide bonds. The largest absolute Gasteiger partial charge is 0.396 e. The number of hydrogen-bond donors (Lipinski definition) is 5. The molecule has 1 fully saturated rings. The van der Waals surface area contributed by atoms with Crippen molar-refractivity contribution < 1.29 is 48.3 Å². The van der Waals surface area contributed by atoms with Crippen molar-refractivity contribution in [3.8, 4) is 0 Å². The van der Waals surface area contributed by atoms with Crippen LogP contribution in [-0.4, -0.2) is 56.0 Å². The fourth-order valence-corrected chi connectivity index (χ4v) is 4.34. The second-order valence-electron chi connectivity index (χ2n) is 9.85. The minimum absolute atomic E-state index is 0.00718. The Labute approximate surface area is 214 Å². The van der Waals surface area contributed by atoms with Gasteiger partial charge in [0.2, 0.25) is 5.91 Å². The summed E-state index contributed by atoms with van der Waals surface area (Å²) in [6.45, 7) is 5.04. The van der Waals surface area contributed by atoms with E-state index in [0.717, 1.165) is 17.5 Å². The van der Waals surface area contributed by atoms with E-state index in [9.17, 15) is 38.8 Å². The molecule has 1 aliphatic rings. The molecule has 2 atom stereocenters. The molecular formula is C23H29F2N3O8S. The molecule has 37 heavy (non-hydrogen) atoms. The van der Waals surface area contributed by atoms with Gasteiger partial charge in [-0.2, -0.15) is 4.99 Å². The Morgan fingerprint density at radius 3 is 2.54 bits per heavy atom. The molecule has 0 radical (unpaired) electrons. The number of aliphatic hydroxyl groups excluding tert-OH is 1. The lowest BCUT2D eigenvalue weighted by molar-refractivity contribution is -0.522. The molecule has 14 heteroatoms. The second-order valence-corrected chi connectivity index (χ2v) is 10.7. The van der Waals surface area contributed by atoms with Gasteiger partial charge in [0.05, 0.1) is 6.61 Å². The van der Waals surface area contributed by atoms with Crippen molar-refractivity contribution in [3.63, 3.8) is 0 Å². The molecule has 3 rings (SSSR count). The molecule has 0 unspecified atom stereocenters. The summed E-state index contributed by atoms with van der Waals surface area (Å²) in [6, 6.07) is 1.38. The number of amides is 2. The molecule has 0 saturated carbocycles. The van der Waals surface area contributed by atoms with Gasteiger partial charge in [0.25, 0.3) is 11.9 Å². The zero-order chi connectivity index (χ0) is 27.6. The van der Waals surface area contributed by atoms with Crippen molar-refractivity contribution in [2.75, 3.05) is 18.5 Å². The molecular weight excluding hydrogens is 516 g/mol. The average Bonchev–Trinajstić information content (AvgIpc) is 3.23. The standard InChI is InChI=1S/C23H29F2N3O8S/c1-21(2,3)11-17(30)26-18-15(24)8-14(9-16(18)25)19(31)27-20-28(5-7-37-20)23(33,34)36-22(32)10-13(12-29)4-6-35-22/h5,7-9,13,29,32-34H,4,6,10-12H2,1-3H3,(H,26,30)/t13-,22-/m1/s1. The van der Waals surface area contributed by atoms with Crippen molar-refractivity contribution in [1.29, 1.82) is 0 Å². The number of nitrogens with zero attached hydrogens (tertiary/aromatic N) is 2. The zero-order valence-electron chi connectivity index (χ0n) is 20.4. The molecule has 1 saturated heterocycles. The second kappa shape index (κ2) is 11.0. The van der Waals surface area contributed by atoms with Crippen LogP contribution >= 0.6 is 11.3 Å². The highest BCUT2D eigenvalue weighted by Crippen LogP contribution is 2.32. The predicted octanol–water partition coefficient (Wildman–Crippen LogP) is 1.58. The van der Waals surface area contributed by atoms with E-state index in [-0.39, 0.29) is 30.9 Å². The van der Waals surface area contributed by atoms with Crippen molar-refractivity contribution in [2.24, 2.45) is 16.3 Å². The lowest BCUT2D eigenvalue weighted by Gasteiger charge is -2.38. The van der Waals surface area contributed by atoms with Crippen LogP contribution in [0.25, 0.3) is 0 Å². The first-order valence-electron chi connectivity index (χ1n) is 11.3. The van der Waals surface area contributed by atoms with Crippen LogP contribution in [0.1, 0.15) is 50.4 Å². The summed E-state index contributed by atoms with van der Waals surface area (Å²) in [5.41, 5.74) is -1.64. The maximum atomic E-state index is 14.6. The lowest BCUT2D eigenvalue weighted by atomic mass is 9.92. The highest BCUT2D eigenvalue weighted by molar-refractivity contribution is 7.07. The number of rotatable bonds is 7. The normalized spacial score (nSPS) is 21.2. The highest BCUT2D eigenvalue weighted by atomic mass is 32.1. The smallest absolute Gasteiger partial charge is 0.382 e. The summed E-state index contributed by atoms with van der Waals surface area (Å²) >= 11 is 0.759. The molecule has 2 heterocycles. The van der Waals surface area contributed by atoms with Gasteiger partial charge in [0.15, 0.2) is 16.4 Å². The van der Waals surface area contributed by atoms with E-state index in [2.05, 4.69) is 10.3 Å². The Morgan fingerprint density at radius 2 is 1.95 bits per heavy atom. The van der Waals surface area contributed by atoms with Crippen LogP contribution < -0.4 is 10.1 Å². The van der Waals surface area contributed by atoms with Crippen molar-refractivity contribution >= 4 is 28.8 Å². The molecule has 0 spiro atoms. The van der Waals surface area contributed by atoms with Crippen molar-refractivity contribution in [1.82, 2.24) is 4.57 Å². The van der Waals surface area contributed by atoms with Gasteiger partial charge in [-0.05, 0) is 29.9 Å². The number of carbonyl (C=O) groups excluding carboxylic acids is 2. The molecule has 11 nitrogen and oxygen atoms in total. The van der Waals surface area contributed by atoms with Gasteiger partial charge in [-0.1, -0.05) is 20.8 Å². The first-order chi connectivity index (χ1) is 17.1. The number of aromatic nitrogens is 1. The van der Waals surface area contributed by atoms with Crippen molar-refractivity contribution in [2.45, 2.75) is 52.1 Å². The molecule has 0 bridgehead atoms. The monoisotopic (exact) mass is 545 g/mol. The first-order valence-corrected chi connectivity index (χ1v) is 12.2. The Morgan fingerprint density at radius 1 is 1.30 bits per heavy atom. The van der Waals surface area contributed by atoms with Gasteiger partial charge in [-0.15, -0.1) is 11.3 Å². The van der Waals surface area contributed by atoms with Gasteiger partial charge < -0.3 is 30.5 Å². The maximum absolute atomic E-state index is 14.6. The molecule has 1 aromatic heterocycles. The lowest BCUT2D eigenvalue weighted by Crippen LogP contribution is -2.53. The molecule has 2 aromatic rings. The summed E-state index contributed by atoms with van der Waals surface area (Å²) in [5.74, 6) is -7.01. The minimum atomic E-state index is -3.25. The highest BCUT2D eigenvalue weighted by Gasteiger charge is 2.45. The van der Waals surface area contributed by atoms with Crippen LogP contribution in [0.2, 0.25) is 0 Å². The number of thiazole rings is 1. The van der Waals surface area contributed by atoms with Crippen LogP contribution in [-0.2, 0) is 20.4 Å². The minimum Gasteiger partial charge on any atom is -0.396 e. The quantitative estimate of drug-likeness (QED) is 0.328. The SMILES string of the molecule is CC(C)(C)CC(=O)Nc1c(F)cc(C(=O)N=c2sccn2C(O)(O)O[C@@]2(O)C[C@H](CO)CCO2)cc1F. The average molecular weight is 546 g/mol. The fourth-order valence-electron chi connectivity index (χ4n) is 3.61. The van der Waals surface area contributed by atoms with E-state index in [0.29, 0.717) is 23.1 Å². The Kier molecular flexibility index (Phi) is 8.64. The number of nitrogens with one attached hydrogen (secondary N) is 1. The van der Waals surface area contributed by atoms with Crippen molar-refractivity contribution in [3.05, 3.63) is 45.7 Å². The van der Waals surface area contributed by atoms with E-state index >= 15 is 0 Å². The van der Waals surface area contributed by atoms with E-state index in [4.69, 9.17) is 9.47 Å². The summed E-state index contributed by atoms with van der Waals surface area (Å²) in [6.07, 6.45) is -2.00. The number of carbonyl (C=O) groups is 2. The number of benzene rings is 1. The Hall–Kier alpha value is -2.59. The number of ether oxygens (including phenoxy) is 2. The summed E-state index contributed by atoms with van der Waals surface area (Å²) in [4.78, 5) is 28.0. The number of hydrogen-bond acceptors (Lipinski definition) is 9. The van der Waals surface area contributed by atoms with Gasteiger partial charge in [-0.3, -0.25) is 14.3 Å². The van der Waals surface area contributed by atoms with Gasteiger partial charge in [-0.25, -0.2) is 13.3 Å². The number of halogens is 2. The third kappa shape index (κ3) is 7.47. The van der Waals surface area contributed by atoms with Crippen LogP contribution in [0, 0.1) is 23.0 Å². The van der Waals surface area contributed by atoms with Crippen LogP contribution in [0.4, 0.5) is 14.5 Å². The Bertz CT molecular complexity index is 1200. The summed E-state index contributed by atoms with van der Waals surface area (Å²) < 4.78 is 39.8. The fraction of sp³-hybridized carbons (Fsp3) is 0.522. The molecule has 0 aliphatic carbocycles. The first kappa shape index (κ1) is 29.0. The molecule has 1 aliphatic heterocycles. The predicted molar refractivity (Wildman–Crippen MR) is 125 cm³/mol. The number of anilines is 1. The van der Waals surface area contributed by atoms with Crippen LogP contribution in [0.15, 0.2) is 28.7 Å². The van der Waals surface area contributed by atoms with E-state index in [1.54, 1.807) is 20.8 Å². The maximum Gasteiger partial charge on any atom is 0.382 e. The number of aliphatic hydroxyl groups is 4. The third-order valence-electron chi connectivity index (χ3n) is 5.30. The topological polar surface area (TPSA) is 163 Å². The zero-order valence-corrected chi connectivity index (χ0v) is 21.2.